The molecule has 3 rings (SSSR count). The summed E-state index contributed by atoms with van der Waals surface area (Å²) in [6, 6.07) is 7.97. The first kappa shape index (κ1) is 24.9. The normalized spacial score (nSPS) is 17.9. The lowest BCUT2D eigenvalue weighted by atomic mass is 9.90. The Morgan fingerprint density at radius 2 is 1.97 bits per heavy atom. The highest BCUT2D eigenvalue weighted by Crippen LogP contribution is 2.33. The topological polar surface area (TPSA) is 68.9 Å². The number of alkyl halides is 3. The number of esters is 1. The van der Waals surface area contributed by atoms with E-state index in [9.17, 15) is 18.0 Å². The molecule has 1 saturated heterocycles. The van der Waals surface area contributed by atoms with E-state index >= 15 is 0 Å². The van der Waals surface area contributed by atoms with Crippen molar-refractivity contribution in [3.63, 3.8) is 0 Å². The Morgan fingerprint density at radius 3 is 2.59 bits per heavy atom. The van der Waals surface area contributed by atoms with Crippen LogP contribution in [0.5, 0.6) is 5.75 Å². The summed E-state index contributed by atoms with van der Waals surface area (Å²) in [5.41, 5.74) is -0.0927. The maximum absolute atomic E-state index is 13.0. The Morgan fingerprint density at radius 1 is 1.25 bits per heavy atom. The number of hydrogen-bond acceptors (Lipinski definition) is 6. The van der Waals surface area contributed by atoms with Gasteiger partial charge in [-0.05, 0) is 43.0 Å². The number of rotatable bonds is 7. The number of benzene rings is 1. The minimum absolute atomic E-state index is 0. The van der Waals surface area contributed by atoms with Crippen molar-refractivity contribution in [2.24, 2.45) is 11.8 Å². The number of carbonyl (C=O) groups is 1. The molecule has 32 heavy (non-hydrogen) atoms. The Balaban J connectivity index is 0.00000363. The van der Waals surface area contributed by atoms with Crippen LogP contribution in [-0.2, 0) is 22.1 Å². The van der Waals surface area contributed by atoms with Crippen LogP contribution in [0.4, 0.5) is 19.1 Å². The summed E-state index contributed by atoms with van der Waals surface area (Å²) in [5.74, 6) is -0.594. The molecule has 2 heterocycles. The summed E-state index contributed by atoms with van der Waals surface area (Å²) in [6.45, 7) is 9.11. The van der Waals surface area contributed by atoms with Gasteiger partial charge in [0.2, 0.25) is 5.95 Å². The van der Waals surface area contributed by atoms with Gasteiger partial charge in [0.25, 0.3) is 0 Å². The van der Waals surface area contributed by atoms with Crippen molar-refractivity contribution >= 4 is 11.9 Å². The maximum Gasteiger partial charge on any atom is 0.433 e. The van der Waals surface area contributed by atoms with Gasteiger partial charge >= 0.3 is 18.9 Å². The minimum atomic E-state index is -4.57. The summed E-state index contributed by atoms with van der Waals surface area (Å²) in [5, 5.41) is 0. The molecule has 0 saturated carbocycles. The van der Waals surface area contributed by atoms with E-state index in [0.717, 1.165) is 17.8 Å². The van der Waals surface area contributed by atoms with E-state index in [-0.39, 0.29) is 45.1 Å². The largest absolute Gasteiger partial charge is 0.466 e. The Kier molecular flexibility index (Phi) is 8.41. The highest BCUT2D eigenvalue weighted by atomic mass is 19.4. The van der Waals surface area contributed by atoms with Crippen LogP contribution in [0.1, 0.15) is 25.6 Å². The lowest BCUT2D eigenvalue weighted by molar-refractivity contribution is -0.148. The SMILES string of the molecule is C.[C-]#[N+]COc1ccc(C[C@@H]2CN(c3nccc(C(F)(F)F)n3)C[C@@H]2C(=O)OCC)cc1. The van der Waals surface area contributed by atoms with Gasteiger partial charge in [-0.15, -0.1) is 0 Å². The van der Waals surface area contributed by atoms with E-state index in [0.29, 0.717) is 18.7 Å². The van der Waals surface area contributed by atoms with Crippen molar-refractivity contribution in [3.8, 4) is 5.75 Å². The molecule has 0 spiro atoms. The van der Waals surface area contributed by atoms with Gasteiger partial charge < -0.3 is 14.4 Å². The molecule has 2 aromatic rings. The molecule has 1 aromatic heterocycles. The molecule has 0 unspecified atom stereocenters. The molecular weight excluding hydrogens is 425 g/mol. The molecule has 0 bridgehead atoms. The number of carbonyl (C=O) groups excluding carboxylic acids is 1. The monoisotopic (exact) mass is 450 g/mol. The first-order valence-corrected chi connectivity index (χ1v) is 9.68. The van der Waals surface area contributed by atoms with Crippen molar-refractivity contribution in [2.45, 2.75) is 26.9 Å². The first-order chi connectivity index (χ1) is 14.8. The lowest BCUT2D eigenvalue weighted by Crippen LogP contribution is -2.27. The van der Waals surface area contributed by atoms with E-state index in [1.165, 1.54) is 0 Å². The van der Waals surface area contributed by atoms with Crippen LogP contribution in [0.25, 0.3) is 4.85 Å². The van der Waals surface area contributed by atoms with Crippen molar-refractivity contribution in [3.05, 3.63) is 59.2 Å². The average Bonchev–Trinajstić information content (AvgIpc) is 3.17. The molecule has 172 valence electrons. The van der Waals surface area contributed by atoms with Crippen LogP contribution in [0, 0.1) is 18.4 Å². The second-order valence-corrected chi connectivity index (χ2v) is 7.04. The average molecular weight is 450 g/mol. The number of anilines is 1. The molecule has 0 amide bonds. The third-order valence-corrected chi connectivity index (χ3v) is 4.96. The molecule has 7 nitrogen and oxygen atoms in total. The van der Waals surface area contributed by atoms with Crippen molar-refractivity contribution in [1.82, 2.24) is 9.97 Å². The Labute approximate surface area is 185 Å². The smallest absolute Gasteiger partial charge is 0.433 e. The summed E-state index contributed by atoms with van der Waals surface area (Å²) in [6.07, 6.45) is -2.99. The zero-order chi connectivity index (χ0) is 22.4. The lowest BCUT2D eigenvalue weighted by Gasteiger charge is -2.17. The zero-order valence-corrected chi connectivity index (χ0v) is 16.8. The third kappa shape index (κ3) is 6.09. The predicted octanol–water partition coefficient (Wildman–Crippen LogP) is 4.25. The van der Waals surface area contributed by atoms with E-state index in [1.807, 2.05) is 12.1 Å². The van der Waals surface area contributed by atoms with Gasteiger partial charge in [-0.25, -0.2) is 16.5 Å². The van der Waals surface area contributed by atoms with Gasteiger partial charge in [-0.2, -0.15) is 13.2 Å². The second kappa shape index (κ2) is 10.8. The van der Waals surface area contributed by atoms with Gasteiger partial charge in [-0.1, -0.05) is 19.6 Å². The predicted molar refractivity (Wildman–Crippen MR) is 112 cm³/mol. The van der Waals surface area contributed by atoms with Crippen molar-refractivity contribution in [1.29, 1.82) is 0 Å². The molecule has 0 N–H and O–H groups in total. The molecule has 0 aliphatic carbocycles. The van der Waals surface area contributed by atoms with Gasteiger partial charge in [0.1, 0.15) is 11.4 Å². The summed E-state index contributed by atoms with van der Waals surface area (Å²) >= 11 is 0. The number of nitrogens with zero attached hydrogens (tertiary/aromatic N) is 4. The van der Waals surface area contributed by atoms with Gasteiger partial charge in [0, 0.05) is 19.3 Å². The highest BCUT2D eigenvalue weighted by molar-refractivity contribution is 5.74. The van der Waals surface area contributed by atoms with Gasteiger partial charge in [0.05, 0.1) is 12.5 Å². The minimum Gasteiger partial charge on any atom is -0.466 e. The van der Waals surface area contributed by atoms with E-state index < -0.39 is 17.8 Å². The Hall–Kier alpha value is -3.35. The number of ether oxygens (including phenoxy) is 2. The fraction of sp³-hybridized carbons (Fsp3) is 0.455. The van der Waals surface area contributed by atoms with Crippen LogP contribution in [0.2, 0.25) is 0 Å². The molecule has 2 atom stereocenters. The standard InChI is InChI=1S/C21H21F3N4O3.CH4/c1-3-30-19(29)17-12-28(20-26-9-8-18(27-20)21(22,23)24)11-15(17)10-14-4-6-16(7-5-14)31-13-25-2;/h4-9,15,17H,3,10-13H2,1H3;1H4/t15-,17+;/m1./s1. The van der Waals surface area contributed by atoms with Gasteiger partial charge in [0.15, 0.2) is 0 Å². The molecule has 1 aromatic carbocycles. The van der Waals surface area contributed by atoms with Crippen LogP contribution in [0.3, 0.4) is 0 Å². The van der Waals surface area contributed by atoms with Crippen molar-refractivity contribution in [2.75, 3.05) is 31.3 Å². The zero-order valence-electron chi connectivity index (χ0n) is 16.8. The first-order valence-electron chi connectivity index (χ1n) is 9.68. The van der Waals surface area contributed by atoms with Crippen LogP contribution in [-0.4, -0.2) is 42.4 Å². The van der Waals surface area contributed by atoms with E-state index in [1.54, 1.807) is 24.0 Å². The Bertz CT molecular complexity index is 945. The number of halogens is 3. The molecule has 1 fully saturated rings. The highest BCUT2D eigenvalue weighted by Gasteiger charge is 2.40. The van der Waals surface area contributed by atoms with Gasteiger partial charge in [-0.3, -0.25) is 9.64 Å². The number of aromatic nitrogens is 2. The third-order valence-electron chi connectivity index (χ3n) is 4.96. The molecule has 1 aliphatic heterocycles. The number of hydrogen-bond donors (Lipinski definition) is 0. The van der Waals surface area contributed by atoms with Crippen LogP contribution in [0.15, 0.2) is 36.5 Å². The molecular formula is C22H25F3N4O3. The summed E-state index contributed by atoms with van der Waals surface area (Å²) < 4.78 is 49.5. The van der Waals surface area contributed by atoms with E-state index in [4.69, 9.17) is 16.0 Å². The maximum atomic E-state index is 13.0. The van der Waals surface area contributed by atoms with E-state index in [2.05, 4.69) is 14.8 Å². The van der Waals surface area contributed by atoms with Crippen molar-refractivity contribution < 1.29 is 27.4 Å². The van der Waals surface area contributed by atoms with Crippen LogP contribution < -0.4 is 9.64 Å². The quantitative estimate of drug-likeness (QED) is 0.464. The molecule has 10 heteroatoms. The fourth-order valence-electron chi connectivity index (χ4n) is 3.55. The summed E-state index contributed by atoms with van der Waals surface area (Å²) in [7, 11) is 0. The summed E-state index contributed by atoms with van der Waals surface area (Å²) in [4.78, 5) is 24.8. The van der Waals surface area contributed by atoms with Crippen LogP contribution >= 0.6 is 0 Å². The second-order valence-electron chi connectivity index (χ2n) is 7.04. The fourth-order valence-corrected chi connectivity index (χ4v) is 3.55. The molecule has 1 aliphatic rings. The molecule has 0 radical (unpaired) electrons.